The molecule has 4 aromatic carbocycles. The summed E-state index contributed by atoms with van der Waals surface area (Å²) in [6.45, 7) is 6.73. The zero-order valence-electron chi connectivity index (χ0n) is 31.5. The number of aliphatic imine (C=N–C) groups is 2. The number of carbonyl (C=O) groups excluding carboxylic acids is 2. The van der Waals surface area contributed by atoms with E-state index >= 15 is 0 Å². The minimum atomic E-state index is -0.0971. The van der Waals surface area contributed by atoms with Gasteiger partial charge >= 0.3 is 0 Å². The Kier molecular flexibility index (Phi) is 13.6. The van der Waals surface area contributed by atoms with Crippen LogP contribution in [0.25, 0.3) is 12.2 Å². The van der Waals surface area contributed by atoms with Gasteiger partial charge in [0.25, 0.3) is 11.8 Å². The molecule has 0 fully saturated rings. The van der Waals surface area contributed by atoms with E-state index < -0.39 is 0 Å². The van der Waals surface area contributed by atoms with Crippen LogP contribution in [0.4, 0.5) is 0 Å². The summed E-state index contributed by atoms with van der Waals surface area (Å²) in [7, 11) is 0. The zero-order valence-corrected chi connectivity index (χ0v) is 31.5. The standard InChI is InChI=1S/C46H50N4O4/c1-3-5-31-53-39-25-21-37(22-26-39)43-47-41(33-35-17-11-9-12-18-35)45(51)49(43)29-15-7-8-16-30-50-44(38-23-27-40(28-24-38)54-32-6-4-2)48-42(46(50)52)34-36-19-13-10-14-20-36/h9-14,17-28,33-34H,3-8,15-16,29-32H2,1-2H3/b41-33-,42-34+. The largest absolute Gasteiger partial charge is 0.494 e. The SMILES string of the molecule is CCCCOc1ccc(C2=N/C(=C\c3ccccc3)C(=O)N2CCCCCCN2C(=O)/C(=C\c3ccccc3)N=C2c2ccc(OCCCC)cc2)cc1. The highest BCUT2D eigenvalue weighted by Gasteiger charge is 2.32. The quantitative estimate of drug-likeness (QED) is 0.0713. The Labute approximate surface area is 319 Å². The first-order valence-corrected chi connectivity index (χ1v) is 19.3. The molecule has 278 valence electrons. The van der Waals surface area contributed by atoms with Crippen LogP contribution < -0.4 is 9.47 Å². The minimum Gasteiger partial charge on any atom is -0.494 e. The molecule has 2 aliphatic heterocycles. The second-order valence-corrected chi connectivity index (χ2v) is 13.5. The first kappa shape index (κ1) is 38.0. The summed E-state index contributed by atoms with van der Waals surface area (Å²) >= 11 is 0. The van der Waals surface area contributed by atoms with E-state index in [2.05, 4.69) is 13.8 Å². The lowest BCUT2D eigenvalue weighted by molar-refractivity contribution is -0.123. The fourth-order valence-electron chi connectivity index (χ4n) is 6.33. The molecule has 4 aromatic rings. The summed E-state index contributed by atoms with van der Waals surface area (Å²) in [5.74, 6) is 2.74. The molecule has 8 heteroatoms. The van der Waals surface area contributed by atoms with Crippen LogP contribution >= 0.6 is 0 Å². The molecule has 2 aliphatic rings. The number of unbranched alkanes of at least 4 members (excludes halogenated alkanes) is 5. The van der Waals surface area contributed by atoms with Crippen LogP contribution in [0.3, 0.4) is 0 Å². The molecule has 6 rings (SSSR count). The van der Waals surface area contributed by atoms with E-state index in [1.165, 1.54) is 0 Å². The predicted molar refractivity (Wildman–Crippen MR) is 217 cm³/mol. The molecule has 0 radical (unpaired) electrons. The van der Waals surface area contributed by atoms with E-state index in [1.807, 2.05) is 121 Å². The van der Waals surface area contributed by atoms with Gasteiger partial charge in [0.1, 0.15) is 34.6 Å². The molecule has 0 unspecified atom stereocenters. The van der Waals surface area contributed by atoms with E-state index in [0.717, 1.165) is 85.1 Å². The molecule has 0 atom stereocenters. The van der Waals surface area contributed by atoms with Crippen LogP contribution in [0.15, 0.2) is 131 Å². The maximum Gasteiger partial charge on any atom is 0.278 e. The second-order valence-electron chi connectivity index (χ2n) is 13.5. The van der Waals surface area contributed by atoms with Gasteiger partial charge in [0.2, 0.25) is 0 Å². The molecule has 0 N–H and O–H groups in total. The van der Waals surface area contributed by atoms with Gasteiger partial charge in [0.15, 0.2) is 0 Å². The Morgan fingerprint density at radius 1 is 0.500 bits per heavy atom. The van der Waals surface area contributed by atoms with E-state index in [0.29, 0.717) is 49.4 Å². The van der Waals surface area contributed by atoms with E-state index in [1.54, 1.807) is 9.80 Å². The van der Waals surface area contributed by atoms with Crippen LogP contribution in [-0.2, 0) is 9.59 Å². The number of amides is 2. The lowest BCUT2D eigenvalue weighted by Crippen LogP contribution is -2.34. The van der Waals surface area contributed by atoms with Crippen molar-refractivity contribution in [1.29, 1.82) is 0 Å². The normalized spacial score (nSPS) is 15.7. The van der Waals surface area contributed by atoms with Gasteiger partial charge < -0.3 is 9.47 Å². The number of nitrogens with zero attached hydrogens (tertiary/aromatic N) is 4. The number of hydrogen-bond donors (Lipinski definition) is 0. The van der Waals surface area contributed by atoms with E-state index in [4.69, 9.17) is 19.5 Å². The zero-order chi connectivity index (χ0) is 37.5. The Balaban J connectivity index is 1.09. The summed E-state index contributed by atoms with van der Waals surface area (Å²) in [6, 6.07) is 35.3. The molecular formula is C46H50N4O4. The minimum absolute atomic E-state index is 0.0971. The number of benzene rings is 4. The molecular weight excluding hydrogens is 673 g/mol. The maximum absolute atomic E-state index is 13.7. The van der Waals surface area contributed by atoms with E-state index in [-0.39, 0.29) is 11.8 Å². The summed E-state index contributed by atoms with van der Waals surface area (Å²) in [4.78, 5) is 40.7. The average molecular weight is 723 g/mol. The number of hydrogen-bond acceptors (Lipinski definition) is 6. The molecule has 0 aromatic heterocycles. The van der Waals surface area contributed by atoms with Gasteiger partial charge in [-0.2, -0.15) is 0 Å². The number of rotatable bonds is 19. The van der Waals surface area contributed by atoms with Crippen molar-refractivity contribution in [3.8, 4) is 11.5 Å². The molecule has 0 aliphatic carbocycles. The highest BCUT2D eigenvalue weighted by molar-refractivity contribution is 6.20. The fourth-order valence-corrected chi connectivity index (χ4v) is 6.33. The molecule has 2 amide bonds. The first-order chi connectivity index (χ1) is 26.5. The van der Waals surface area contributed by atoms with Crippen molar-refractivity contribution in [2.75, 3.05) is 26.3 Å². The lowest BCUT2D eigenvalue weighted by Gasteiger charge is -2.20. The Morgan fingerprint density at radius 3 is 1.26 bits per heavy atom. The van der Waals surface area contributed by atoms with E-state index in [9.17, 15) is 9.59 Å². The molecule has 0 saturated carbocycles. The van der Waals surface area contributed by atoms with Gasteiger partial charge in [0, 0.05) is 24.2 Å². The second kappa shape index (κ2) is 19.4. The molecule has 8 nitrogen and oxygen atoms in total. The monoisotopic (exact) mass is 722 g/mol. The smallest absolute Gasteiger partial charge is 0.278 e. The average Bonchev–Trinajstić information content (AvgIpc) is 3.68. The summed E-state index contributed by atoms with van der Waals surface area (Å²) < 4.78 is 11.7. The highest BCUT2D eigenvalue weighted by Crippen LogP contribution is 2.26. The van der Waals surface area contributed by atoms with Crippen molar-refractivity contribution < 1.29 is 19.1 Å². The summed E-state index contributed by atoms with van der Waals surface area (Å²) in [5.41, 5.74) is 4.48. The summed E-state index contributed by atoms with van der Waals surface area (Å²) in [6.07, 6.45) is 11.2. The van der Waals surface area contributed by atoms with Crippen LogP contribution in [0, 0.1) is 0 Å². The Bertz CT molecular complexity index is 1820. The number of amidine groups is 2. The third-order valence-electron chi connectivity index (χ3n) is 9.37. The molecule has 0 spiro atoms. The van der Waals surface area contributed by atoms with Gasteiger partial charge in [0.05, 0.1) is 13.2 Å². The van der Waals surface area contributed by atoms with Gasteiger partial charge in [-0.1, -0.05) is 100 Å². The fraction of sp³-hybridized carbons (Fsp3) is 0.304. The third kappa shape index (κ3) is 10.0. The molecule has 54 heavy (non-hydrogen) atoms. The lowest BCUT2D eigenvalue weighted by atomic mass is 10.1. The maximum atomic E-state index is 13.7. The van der Waals surface area contributed by atoms with Crippen LogP contribution in [0.5, 0.6) is 11.5 Å². The highest BCUT2D eigenvalue weighted by atomic mass is 16.5. The van der Waals surface area contributed by atoms with Crippen molar-refractivity contribution in [3.05, 3.63) is 143 Å². The van der Waals surface area contributed by atoms with Crippen molar-refractivity contribution >= 4 is 35.6 Å². The van der Waals surface area contributed by atoms with Crippen LogP contribution in [-0.4, -0.2) is 59.6 Å². The molecule has 2 heterocycles. The Hall–Kier alpha value is -5.76. The third-order valence-corrected chi connectivity index (χ3v) is 9.37. The van der Waals surface area contributed by atoms with Crippen LogP contribution in [0.1, 0.15) is 87.5 Å². The van der Waals surface area contributed by atoms with Crippen LogP contribution in [0.2, 0.25) is 0 Å². The topological polar surface area (TPSA) is 83.8 Å². The number of carbonyl (C=O) groups is 2. The van der Waals surface area contributed by atoms with Gasteiger partial charge in [-0.3, -0.25) is 19.4 Å². The van der Waals surface area contributed by atoms with Crippen molar-refractivity contribution in [3.63, 3.8) is 0 Å². The Morgan fingerprint density at radius 2 is 0.889 bits per heavy atom. The molecule has 0 saturated heterocycles. The molecule has 0 bridgehead atoms. The summed E-state index contributed by atoms with van der Waals surface area (Å²) in [5, 5.41) is 0. The van der Waals surface area contributed by atoms with Crippen molar-refractivity contribution in [2.45, 2.75) is 65.2 Å². The van der Waals surface area contributed by atoms with Crippen molar-refractivity contribution in [1.82, 2.24) is 9.80 Å². The first-order valence-electron chi connectivity index (χ1n) is 19.3. The van der Waals surface area contributed by atoms with Gasteiger partial charge in [-0.25, -0.2) is 9.98 Å². The predicted octanol–water partition coefficient (Wildman–Crippen LogP) is 9.56. The van der Waals surface area contributed by atoms with Gasteiger partial charge in [-0.05, 0) is 97.5 Å². The van der Waals surface area contributed by atoms with Gasteiger partial charge in [-0.15, -0.1) is 0 Å². The number of ether oxygens (including phenoxy) is 2. The van der Waals surface area contributed by atoms with Crippen molar-refractivity contribution in [2.24, 2.45) is 9.98 Å².